The Hall–Kier alpha value is -4.72. The van der Waals surface area contributed by atoms with E-state index in [4.69, 9.17) is 14.5 Å². The van der Waals surface area contributed by atoms with Crippen molar-refractivity contribution in [1.82, 2.24) is 19.7 Å². The second-order valence-corrected chi connectivity index (χ2v) is 7.84. The van der Waals surface area contributed by atoms with Gasteiger partial charge in [0.15, 0.2) is 17.1 Å². The molecule has 5 aromatic rings. The molecule has 0 bridgehead atoms. The molecule has 34 heavy (non-hydrogen) atoms. The molecule has 8 heteroatoms. The van der Waals surface area contributed by atoms with Crippen LogP contribution in [0.1, 0.15) is 15.9 Å². The first-order chi connectivity index (χ1) is 16.7. The number of carbonyl (C=O) groups is 1. The van der Waals surface area contributed by atoms with Crippen LogP contribution in [0.25, 0.3) is 22.3 Å². The topological polar surface area (TPSA) is 91.2 Å². The van der Waals surface area contributed by atoms with E-state index in [9.17, 15) is 4.79 Å². The molecule has 1 amide bonds. The number of nitrogens with zero attached hydrogens (tertiary/aromatic N) is 4. The van der Waals surface area contributed by atoms with E-state index in [0.717, 1.165) is 11.1 Å². The monoisotopic (exact) mass is 449 g/mol. The summed E-state index contributed by atoms with van der Waals surface area (Å²) in [6.07, 6.45) is 5.18. The summed E-state index contributed by atoms with van der Waals surface area (Å²) < 4.78 is 12.6. The van der Waals surface area contributed by atoms with E-state index in [1.165, 1.54) is 0 Å². The number of fused-ring (bicyclic) bond motifs is 2. The summed E-state index contributed by atoms with van der Waals surface area (Å²) in [4.78, 5) is 22.4. The van der Waals surface area contributed by atoms with Gasteiger partial charge in [-0.25, -0.2) is 9.67 Å². The zero-order chi connectivity index (χ0) is 22.9. The van der Waals surface area contributed by atoms with Crippen LogP contribution in [0.3, 0.4) is 0 Å². The highest BCUT2D eigenvalue weighted by atomic mass is 16.7. The van der Waals surface area contributed by atoms with Crippen LogP contribution in [-0.2, 0) is 6.54 Å². The molecule has 1 aliphatic heterocycles. The summed E-state index contributed by atoms with van der Waals surface area (Å²) in [6, 6.07) is 20.8. The molecule has 1 aliphatic rings. The maximum absolute atomic E-state index is 13.4. The van der Waals surface area contributed by atoms with Gasteiger partial charge in [0.05, 0.1) is 29.4 Å². The lowest BCUT2D eigenvalue weighted by Gasteiger charge is -2.10. The van der Waals surface area contributed by atoms with Gasteiger partial charge in [0, 0.05) is 29.7 Å². The van der Waals surface area contributed by atoms with E-state index < -0.39 is 0 Å². The van der Waals surface area contributed by atoms with Gasteiger partial charge < -0.3 is 14.8 Å². The van der Waals surface area contributed by atoms with E-state index in [1.54, 1.807) is 47.5 Å². The molecular formula is C26H19N5O3. The van der Waals surface area contributed by atoms with E-state index in [1.807, 2.05) is 42.5 Å². The van der Waals surface area contributed by atoms with E-state index in [-0.39, 0.29) is 12.7 Å². The number of hydrogen-bond donors (Lipinski definition) is 1. The number of amides is 1. The van der Waals surface area contributed by atoms with Gasteiger partial charge >= 0.3 is 0 Å². The lowest BCUT2D eigenvalue weighted by Crippen LogP contribution is -2.13. The second kappa shape index (κ2) is 8.32. The first-order valence-corrected chi connectivity index (χ1v) is 10.8. The lowest BCUT2D eigenvalue weighted by atomic mass is 10.1. The van der Waals surface area contributed by atoms with Crippen molar-refractivity contribution in [2.75, 3.05) is 12.1 Å². The molecule has 2 aromatic carbocycles. The van der Waals surface area contributed by atoms with Gasteiger partial charge in [-0.1, -0.05) is 30.3 Å². The van der Waals surface area contributed by atoms with Crippen molar-refractivity contribution in [2.24, 2.45) is 0 Å². The smallest absolute Gasteiger partial charge is 0.256 e. The van der Waals surface area contributed by atoms with E-state index in [0.29, 0.717) is 46.0 Å². The fourth-order valence-corrected chi connectivity index (χ4v) is 3.94. The number of ether oxygens (including phenoxy) is 2. The van der Waals surface area contributed by atoms with Gasteiger partial charge in [-0.2, -0.15) is 5.10 Å². The molecule has 0 saturated carbocycles. The van der Waals surface area contributed by atoms with E-state index in [2.05, 4.69) is 15.4 Å². The Morgan fingerprint density at radius 1 is 0.971 bits per heavy atom. The summed E-state index contributed by atoms with van der Waals surface area (Å²) >= 11 is 0. The van der Waals surface area contributed by atoms with Crippen molar-refractivity contribution < 1.29 is 14.3 Å². The summed E-state index contributed by atoms with van der Waals surface area (Å²) in [5, 5.41) is 8.18. The fourth-order valence-electron chi connectivity index (χ4n) is 3.94. The molecule has 0 unspecified atom stereocenters. The largest absolute Gasteiger partial charge is 0.454 e. The molecule has 0 aliphatic carbocycles. The van der Waals surface area contributed by atoms with Crippen molar-refractivity contribution >= 4 is 22.6 Å². The molecule has 0 saturated heterocycles. The number of benzene rings is 2. The Bertz CT molecular complexity index is 1500. The number of aromatic nitrogens is 4. The van der Waals surface area contributed by atoms with Crippen molar-refractivity contribution in [3.8, 4) is 22.8 Å². The Morgan fingerprint density at radius 3 is 2.65 bits per heavy atom. The van der Waals surface area contributed by atoms with Crippen LogP contribution in [0.15, 0.2) is 85.3 Å². The maximum atomic E-state index is 13.4. The highest BCUT2D eigenvalue weighted by Gasteiger charge is 2.19. The molecule has 6 rings (SSSR count). The van der Waals surface area contributed by atoms with Crippen molar-refractivity contribution in [2.45, 2.75) is 6.54 Å². The SMILES string of the molecule is O=C(Nc1ccc2c(c1)OCO2)c1cc(-c2ccccc2)nc2c1cnn2Cc1ccncc1. The van der Waals surface area contributed by atoms with Gasteiger partial charge in [0.25, 0.3) is 5.91 Å². The standard InChI is InChI=1S/C26H19N5O3/c32-26(29-19-6-7-23-24(12-19)34-16-33-23)20-13-22(18-4-2-1-3-5-18)30-25-21(20)14-28-31(25)15-17-8-10-27-11-9-17/h1-14H,15-16H2,(H,29,32). The first-order valence-electron chi connectivity index (χ1n) is 10.8. The molecule has 0 atom stereocenters. The molecule has 4 heterocycles. The first kappa shape index (κ1) is 19.9. The van der Waals surface area contributed by atoms with Crippen LogP contribution in [0.2, 0.25) is 0 Å². The van der Waals surface area contributed by atoms with Crippen LogP contribution in [0.4, 0.5) is 5.69 Å². The summed E-state index contributed by atoms with van der Waals surface area (Å²) in [5.41, 5.74) is 4.39. The van der Waals surface area contributed by atoms with Crippen LogP contribution in [-0.4, -0.2) is 32.4 Å². The third-order valence-corrected chi connectivity index (χ3v) is 5.64. The highest BCUT2D eigenvalue weighted by molar-refractivity contribution is 6.12. The molecule has 0 spiro atoms. The Balaban J connectivity index is 1.42. The molecular weight excluding hydrogens is 430 g/mol. The normalized spacial score (nSPS) is 12.1. The molecule has 166 valence electrons. The van der Waals surface area contributed by atoms with Crippen LogP contribution in [0, 0.1) is 0 Å². The third kappa shape index (κ3) is 3.71. The third-order valence-electron chi connectivity index (χ3n) is 5.64. The van der Waals surface area contributed by atoms with Gasteiger partial charge in [0.1, 0.15) is 0 Å². The lowest BCUT2D eigenvalue weighted by molar-refractivity contribution is 0.102. The quantitative estimate of drug-likeness (QED) is 0.424. The number of hydrogen-bond acceptors (Lipinski definition) is 6. The number of pyridine rings is 2. The number of carbonyl (C=O) groups excluding carboxylic acids is 1. The molecule has 0 radical (unpaired) electrons. The van der Waals surface area contributed by atoms with Crippen molar-refractivity contribution in [1.29, 1.82) is 0 Å². The predicted molar refractivity (Wildman–Crippen MR) is 127 cm³/mol. The number of rotatable bonds is 5. The number of anilines is 1. The summed E-state index contributed by atoms with van der Waals surface area (Å²) in [7, 11) is 0. The summed E-state index contributed by atoms with van der Waals surface area (Å²) in [5.74, 6) is 1.01. The van der Waals surface area contributed by atoms with Gasteiger partial charge in [-0.05, 0) is 35.9 Å². The minimum Gasteiger partial charge on any atom is -0.454 e. The van der Waals surface area contributed by atoms with Crippen molar-refractivity contribution in [3.63, 3.8) is 0 Å². The average Bonchev–Trinajstić information content (AvgIpc) is 3.51. The van der Waals surface area contributed by atoms with Crippen LogP contribution >= 0.6 is 0 Å². The van der Waals surface area contributed by atoms with Gasteiger partial charge in [0.2, 0.25) is 6.79 Å². The fraction of sp³-hybridized carbons (Fsp3) is 0.0769. The molecule has 1 N–H and O–H groups in total. The maximum Gasteiger partial charge on any atom is 0.256 e. The second-order valence-electron chi connectivity index (χ2n) is 7.84. The van der Waals surface area contributed by atoms with Crippen LogP contribution in [0.5, 0.6) is 11.5 Å². The predicted octanol–water partition coefficient (Wildman–Crippen LogP) is 4.52. The average molecular weight is 449 g/mol. The van der Waals surface area contributed by atoms with Crippen molar-refractivity contribution in [3.05, 3.63) is 96.4 Å². The van der Waals surface area contributed by atoms with Crippen LogP contribution < -0.4 is 14.8 Å². The highest BCUT2D eigenvalue weighted by Crippen LogP contribution is 2.34. The minimum atomic E-state index is -0.257. The zero-order valence-electron chi connectivity index (χ0n) is 18.0. The van der Waals surface area contributed by atoms with E-state index >= 15 is 0 Å². The van der Waals surface area contributed by atoms with Gasteiger partial charge in [-0.3, -0.25) is 9.78 Å². The molecule has 8 nitrogen and oxygen atoms in total. The number of nitrogens with one attached hydrogen (secondary N) is 1. The minimum absolute atomic E-state index is 0.175. The Morgan fingerprint density at radius 2 is 1.79 bits per heavy atom. The molecule has 3 aromatic heterocycles. The Labute approximate surface area is 194 Å². The molecule has 0 fully saturated rings. The zero-order valence-corrected chi connectivity index (χ0v) is 18.0. The van der Waals surface area contributed by atoms with Gasteiger partial charge in [-0.15, -0.1) is 0 Å². The summed E-state index contributed by atoms with van der Waals surface area (Å²) in [6.45, 7) is 0.690. The Kier molecular flexibility index (Phi) is 4.88.